The van der Waals surface area contributed by atoms with E-state index in [4.69, 9.17) is 0 Å². The molecule has 4 heteroatoms. The van der Waals surface area contributed by atoms with Crippen molar-refractivity contribution in [2.24, 2.45) is 5.92 Å². The van der Waals surface area contributed by atoms with Gasteiger partial charge in [0.2, 0.25) is 0 Å². The number of piperazine rings is 1. The number of hydrogen-bond donors (Lipinski definition) is 1. The van der Waals surface area contributed by atoms with Crippen LogP contribution in [-0.2, 0) is 0 Å². The molecule has 2 N–H and O–H groups in total. The first-order valence-corrected chi connectivity index (χ1v) is 7.89. The second kappa shape index (κ2) is 6.52. The van der Waals surface area contributed by atoms with Crippen LogP contribution in [0, 0.1) is 5.92 Å². The summed E-state index contributed by atoms with van der Waals surface area (Å²) in [5.41, 5.74) is 0. The molecule has 16 heavy (non-hydrogen) atoms. The van der Waals surface area contributed by atoms with Crippen LogP contribution in [0.3, 0.4) is 0 Å². The Labute approximate surface area is 113 Å². The molecule has 94 valence electrons. The first-order chi connectivity index (χ1) is 7.74. The zero-order valence-electron chi connectivity index (χ0n) is 10.4. The lowest BCUT2D eigenvalue weighted by atomic mass is 10.1. The Morgan fingerprint density at radius 3 is 2.50 bits per heavy atom. The van der Waals surface area contributed by atoms with Crippen molar-refractivity contribution < 1.29 is 5.32 Å². The zero-order valence-corrected chi connectivity index (χ0v) is 12.5. The summed E-state index contributed by atoms with van der Waals surface area (Å²) in [6, 6.07) is 0. The minimum Gasteiger partial charge on any atom is -0.346 e. The van der Waals surface area contributed by atoms with Crippen LogP contribution in [0.15, 0.2) is 0 Å². The summed E-state index contributed by atoms with van der Waals surface area (Å²) in [4.78, 5) is 5.30. The smallest absolute Gasteiger partial charge is 0.0798 e. The van der Waals surface area contributed by atoms with Gasteiger partial charge in [0.1, 0.15) is 0 Å². The molecule has 0 amide bonds. The van der Waals surface area contributed by atoms with Gasteiger partial charge in [-0.2, -0.15) is 0 Å². The number of rotatable bonds is 4. The van der Waals surface area contributed by atoms with Crippen molar-refractivity contribution in [3.8, 4) is 0 Å². The Bertz CT molecular complexity index is 196. The van der Waals surface area contributed by atoms with Gasteiger partial charge >= 0.3 is 0 Å². The number of alkyl halides is 1. The van der Waals surface area contributed by atoms with Crippen LogP contribution in [0.2, 0.25) is 0 Å². The van der Waals surface area contributed by atoms with Crippen molar-refractivity contribution in [2.75, 3.05) is 52.4 Å². The monoisotopic (exact) mass is 338 g/mol. The predicted octanol–water partition coefficient (Wildman–Crippen LogP) is 0.0108. The van der Waals surface area contributed by atoms with Crippen molar-refractivity contribution in [1.29, 1.82) is 0 Å². The van der Waals surface area contributed by atoms with E-state index in [1.165, 1.54) is 58.8 Å². The van der Waals surface area contributed by atoms with E-state index in [9.17, 15) is 0 Å². The molecule has 0 spiro atoms. The highest BCUT2D eigenvalue weighted by molar-refractivity contribution is 14.1. The molecule has 0 saturated carbocycles. The second-order valence-electron chi connectivity index (χ2n) is 5.35. The van der Waals surface area contributed by atoms with Crippen molar-refractivity contribution in [3.63, 3.8) is 0 Å². The van der Waals surface area contributed by atoms with Crippen LogP contribution in [0.1, 0.15) is 13.3 Å². The zero-order chi connectivity index (χ0) is 11.4. The fourth-order valence-electron chi connectivity index (χ4n) is 2.87. The maximum absolute atomic E-state index is 2.68. The third-order valence-corrected chi connectivity index (χ3v) is 4.16. The molecule has 0 aliphatic carbocycles. The van der Waals surface area contributed by atoms with Gasteiger partial charge in [-0.25, -0.2) is 0 Å². The van der Waals surface area contributed by atoms with Crippen LogP contribution in [0.25, 0.3) is 0 Å². The van der Waals surface area contributed by atoms with E-state index in [0.717, 1.165) is 9.84 Å². The fourth-order valence-corrected chi connectivity index (χ4v) is 3.42. The maximum Gasteiger partial charge on any atom is 0.0798 e. The molecule has 2 atom stereocenters. The lowest BCUT2D eigenvalue weighted by Gasteiger charge is -2.36. The molecule has 0 aromatic heterocycles. The van der Waals surface area contributed by atoms with Gasteiger partial charge in [0, 0.05) is 55.5 Å². The summed E-state index contributed by atoms with van der Waals surface area (Å²) in [7, 11) is 0. The van der Waals surface area contributed by atoms with Crippen molar-refractivity contribution >= 4 is 22.6 Å². The van der Waals surface area contributed by atoms with Crippen LogP contribution in [-0.4, -0.2) is 66.1 Å². The Morgan fingerprint density at radius 2 is 1.94 bits per heavy atom. The van der Waals surface area contributed by atoms with Crippen molar-refractivity contribution in [3.05, 3.63) is 0 Å². The topological polar surface area (TPSA) is 23.1 Å². The number of halogens is 1. The second-order valence-corrected chi connectivity index (χ2v) is 7.48. The van der Waals surface area contributed by atoms with Gasteiger partial charge in [-0.15, -0.1) is 0 Å². The molecule has 2 fully saturated rings. The van der Waals surface area contributed by atoms with E-state index < -0.39 is 0 Å². The molecule has 2 aliphatic rings. The maximum atomic E-state index is 2.68. The minimum absolute atomic E-state index is 0.786. The van der Waals surface area contributed by atoms with Crippen LogP contribution < -0.4 is 5.32 Å². The molecule has 2 rings (SSSR count). The molecule has 2 saturated heterocycles. The van der Waals surface area contributed by atoms with Crippen molar-refractivity contribution in [2.45, 2.75) is 17.3 Å². The molecular weight excluding hydrogens is 313 g/mol. The third kappa shape index (κ3) is 4.13. The van der Waals surface area contributed by atoms with Gasteiger partial charge in [0.15, 0.2) is 0 Å². The van der Waals surface area contributed by atoms with Crippen LogP contribution in [0.4, 0.5) is 0 Å². The highest BCUT2D eigenvalue weighted by Gasteiger charge is 2.24. The van der Waals surface area contributed by atoms with Gasteiger partial charge in [0.25, 0.3) is 0 Å². The van der Waals surface area contributed by atoms with E-state index >= 15 is 0 Å². The third-order valence-electron chi connectivity index (χ3n) is 3.77. The molecule has 0 bridgehead atoms. The van der Waals surface area contributed by atoms with Gasteiger partial charge in [-0.3, -0.25) is 4.90 Å². The fraction of sp³-hybridized carbons (Fsp3) is 1.00. The molecule has 0 aromatic rings. The highest BCUT2D eigenvalue weighted by Crippen LogP contribution is 2.10. The quantitative estimate of drug-likeness (QED) is 0.577. The lowest BCUT2D eigenvalue weighted by molar-refractivity contribution is -0.638. The van der Waals surface area contributed by atoms with E-state index in [1.807, 2.05) is 0 Å². The largest absolute Gasteiger partial charge is 0.346 e. The average molecular weight is 338 g/mol. The lowest BCUT2D eigenvalue weighted by Crippen LogP contribution is -2.81. The van der Waals surface area contributed by atoms with E-state index in [0.29, 0.717) is 0 Å². The summed E-state index contributed by atoms with van der Waals surface area (Å²) < 4.78 is 0.786. The number of nitrogens with zero attached hydrogens (tertiary/aromatic N) is 2. The molecule has 0 unspecified atom stereocenters. The molecule has 2 aliphatic heterocycles. The van der Waals surface area contributed by atoms with Gasteiger partial charge in [-0.1, -0.05) is 29.5 Å². The highest BCUT2D eigenvalue weighted by atomic mass is 127. The molecule has 0 radical (unpaired) electrons. The standard InChI is InChI=1S/C12H24IN3/c1-11(13)9-15-4-6-16(7-5-15)10-12-2-3-14-8-12/h11-12,14H,2-10H2,1H3/p+1/t11-,12+/m1/s1. The summed E-state index contributed by atoms with van der Waals surface area (Å²) in [6.45, 7) is 12.8. The van der Waals surface area contributed by atoms with E-state index in [2.05, 4.69) is 44.6 Å². The first-order valence-electron chi connectivity index (χ1n) is 6.64. The Hall–Kier alpha value is 0.610. The minimum atomic E-state index is 0.786. The van der Waals surface area contributed by atoms with Crippen LogP contribution >= 0.6 is 22.6 Å². The summed E-state index contributed by atoms with van der Waals surface area (Å²) in [5.74, 6) is 0.968. The predicted molar refractivity (Wildman–Crippen MR) is 76.1 cm³/mol. The number of nitrogens with two attached hydrogens (primary N) is 1. The molecule has 2 heterocycles. The summed E-state index contributed by atoms with van der Waals surface area (Å²) >= 11 is 2.53. The van der Waals surface area contributed by atoms with Crippen molar-refractivity contribution in [1.82, 2.24) is 9.80 Å². The normalized spacial score (nSPS) is 30.8. The number of hydrogen-bond acceptors (Lipinski definition) is 2. The average Bonchev–Trinajstić information content (AvgIpc) is 2.73. The van der Waals surface area contributed by atoms with Gasteiger partial charge in [-0.05, 0) is 0 Å². The molecule has 3 nitrogen and oxygen atoms in total. The Balaban J connectivity index is 1.64. The van der Waals surface area contributed by atoms with E-state index in [-0.39, 0.29) is 0 Å². The van der Waals surface area contributed by atoms with Crippen LogP contribution in [0.5, 0.6) is 0 Å². The molecule has 0 aromatic carbocycles. The van der Waals surface area contributed by atoms with Gasteiger partial charge in [0.05, 0.1) is 13.1 Å². The van der Waals surface area contributed by atoms with Gasteiger partial charge < -0.3 is 10.2 Å². The van der Waals surface area contributed by atoms with E-state index in [1.54, 1.807) is 0 Å². The molecular formula is C12H25IN3+. The SMILES string of the molecule is C[C@@H](I)CN1CCN(C[C@H]2CC[NH2+]C2)CC1. The Kier molecular flexibility index (Phi) is 5.32. The summed E-state index contributed by atoms with van der Waals surface area (Å²) in [6.07, 6.45) is 1.44. The number of quaternary nitrogens is 1. The first kappa shape index (κ1) is 13.1. The summed E-state index contributed by atoms with van der Waals surface area (Å²) in [5, 5.41) is 2.47. The Morgan fingerprint density at radius 1 is 1.25 bits per heavy atom.